The summed E-state index contributed by atoms with van der Waals surface area (Å²) in [5, 5.41) is 11.2. The van der Waals surface area contributed by atoms with Crippen LogP contribution in [0.3, 0.4) is 0 Å². The van der Waals surface area contributed by atoms with Gasteiger partial charge in [-0.05, 0) is 72.9 Å². The molecule has 4 aromatic carbocycles. The first-order chi connectivity index (χ1) is 30.3. The Morgan fingerprint density at radius 2 is 0.935 bits per heavy atom. The van der Waals surface area contributed by atoms with Crippen LogP contribution in [0.15, 0.2) is 122 Å². The molecule has 4 unspecified atom stereocenters. The van der Waals surface area contributed by atoms with Crippen molar-refractivity contribution in [2.24, 2.45) is 0 Å². The summed E-state index contributed by atoms with van der Waals surface area (Å²) in [6, 6.07) is 32.3. The molecule has 0 spiro atoms. The number of nitrogens with one attached hydrogen (secondary N) is 6. The van der Waals surface area contributed by atoms with E-state index in [1.807, 2.05) is 96.7 Å². The number of urea groups is 2. The zero-order valence-corrected chi connectivity index (χ0v) is 34.9. The summed E-state index contributed by atoms with van der Waals surface area (Å²) >= 11 is 0. The number of hydrogen-bond acceptors (Lipinski definition) is 6. The van der Waals surface area contributed by atoms with E-state index in [0.29, 0.717) is 26.2 Å². The van der Waals surface area contributed by atoms with Crippen molar-refractivity contribution in [3.63, 3.8) is 0 Å². The summed E-state index contributed by atoms with van der Waals surface area (Å²) < 4.78 is 0. The van der Waals surface area contributed by atoms with Gasteiger partial charge in [0.1, 0.15) is 23.7 Å². The van der Waals surface area contributed by atoms with E-state index in [-0.39, 0.29) is 36.0 Å². The maximum Gasteiger partial charge on any atom is 0.315 e. The minimum Gasteiger partial charge on any atom is -0.340 e. The van der Waals surface area contributed by atoms with Gasteiger partial charge in [-0.15, -0.1) is 0 Å². The van der Waals surface area contributed by atoms with Gasteiger partial charge in [0.25, 0.3) is 0 Å². The van der Waals surface area contributed by atoms with Crippen LogP contribution in [0, 0.1) is 0 Å². The van der Waals surface area contributed by atoms with Crippen LogP contribution >= 0.6 is 0 Å². The molecule has 0 saturated carbocycles. The molecule has 2 aliphatic rings. The number of likely N-dealkylation sites (tertiary alicyclic amines) is 2. The van der Waals surface area contributed by atoms with E-state index in [1.165, 1.54) is 0 Å². The molecule has 0 radical (unpaired) electrons. The molecule has 2 saturated heterocycles. The summed E-state index contributed by atoms with van der Waals surface area (Å²) in [7, 11) is 0. The second kappa shape index (κ2) is 19.0. The van der Waals surface area contributed by atoms with Crippen LogP contribution in [0.25, 0.3) is 33.6 Å². The maximum atomic E-state index is 14.0. The smallest absolute Gasteiger partial charge is 0.315 e. The van der Waals surface area contributed by atoms with Gasteiger partial charge in [0, 0.05) is 26.2 Å². The molecule has 14 heteroatoms. The Balaban J connectivity index is 0.924. The number of nitrogens with zero attached hydrogens (tertiary/aromatic N) is 4. The van der Waals surface area contributed by atoms with E-state index in [1.54, 1.807) is 0 Å². The van der Waals surface area contributed by atoms with Gasteiger partial charge < -0.3 is 41.0 Å². The molecular formula is C48H52N10O4. The molecule has 0 aliphatic carbocycles. The van der Waals surface area contributed by atoms with Gasteiger partial charge in [0.2, 0.25) is 11.8 Å². The zero-order chi connectivity index (χ0) is 43.0. The van der Waals surface area contributed by atoms with Crippen molar-refractivity contribution in [2.45, 2.75) is 63.7 Å². The van der Waals surface area contributed by atoms with E-state index >= 15 is 0 Å². The Morgan fingerprint density at radius 3 is 1.31 bits per heavy atom. The number of hydrogen-bond donors (Lipinski definition) is 6. The Kier molecular flexibility index (Phi) is 12.7. The average Bonchev–Trinajstić information content (AvgIpc) is 4.16. The van der Waals surface area contributed by atoms with Crippen LogP contribution in [0.4, 0.5) is 9.59 Å². The summed E-state index contributed by atoms with van der Waals surface area (Å²) in [5.74, 6) is 1.10. The lowest BCUT2D eigenvalue weighted by molar-refractivity contribution is -0.135. The molecule has 0 bridgehead atoms. The third-order valence-corrected chi connectivity index (χ3v) is 11.6. The van der Waals surface area contributed by atoms with E-state index in [2.05, 4.69) is 79.8 Å². The fraction of sp³-hybridized carbons (Fsp3) is 0.292. The van der Waals surface area contributed by atoms with Gasteiger partial charge in [-0.3, -0.25) is 9.59 Å². The van der Waals surface area contributed by atoms with Crippen molar-refractivity contribution in [2.75, 3.05) is 26.2 Å². The van der Waals surface area contributed by atoms with Gasteiger partial charge >= 0.3 is 12.1 Å². The monoisotopic (exact) mass is 832 g/mol. The normalized spacial score (nSPS) is 17.0. The van der Waals surface area contributed by atoms with Crippen molar-refractivity contribution < 1.29 is 19.2 Å². The summed E-state index contributed by atoms with van der Waals surface area (Å²) in [6.45, 7) is 5.73. The lowest BCUT2D eigenvalue weighted by atomic mass is 10.0. The number of imidazole rings is 2. The molecule has 14 nitrogen and oxygen atoms in total. The second-order valence-corrected chi connectivity index (χ2v) is 15.6. The van der Waals surface area contributed by atoms with Crippen molar-refractivity contribution in [3.8, 4) is 33.6 Å². The predicted octanol–water partition coefficient (Wildman–Crippen LogP) is 7.58. The number of amides is 6. The molecular weight excluding hydrogens is 781 g/mol. The first kappa shape index (κ1) is 41.5. The number of aromatic amines is 2. The quantitative estimate of drug-likeness (QED) is 0.0698. The summed E-state index contributed by atoms with van der Waals surface area (Å²) in [4.78, 5) is 73.3. The van der Waals surface area contributed by atoms with Gasteiger partial charge in [0.15, 0.2) is 0 Å². The van der Waals surface area contributed by atoms with Crippen LogP contribution in [-0.4, -0.2) is 79.8 Å². The Bertz CT molecular complexity index is 2300. The highest BCUT2D eigenvalue weighted by atomic mass is 16.2. The van der Waals surface area contributed by atoms with E-state index in [9.17, 15) is 19.2 Å². The van der Waals surface area contributed by atoms with E-state index in [0.717, 1.165) is 82.1 Å². The fourth-order valence-electron chi connectivity index (χ4n) is 8.50. The van der Waals surface area contributed by atoms with Gasteiger partial charge in [0.05, 0.1) is 35.9 Å². The minimum atomic E-state index is -0.819. The third-order valence-electron chi connectivity index (χ3n) is 11.6. The lowest BCUT2D eigenvalue weighted by Crippen LogP contribution is -2.46. The third kappa shape index (κ3) is 9.09. The van der Waals surface area contributed by atoms with Crippen LogP contribution in [-0.2, 0) is 9.59 Å². The molecule has 62 heavy (non-hydrogen) atoms. The molecule has 6 amide bonds. The first-order valence-electron chi connectivity index (χ1n) is 21.4. The maximum absolute atomic E-state index is 14.0. The molecule has 4 heterocycles. The van der Waals surface area contributed by atoms with Gasteiger partial charge in [-0.25, -0.2) is 19.6 Å². The molecule has 8 rings (SSSR count). The number of rotatable bonds is 13. The lowest BCUT2D eigenvalue weighted by Gasteiger charge is -2.28. The van der Waals surface area contributed by atoms with Crippen molar-refractivity contribution in [3.05, 3.63) is 144 Å². The summed E-state index contributed by atoms with van der Waals surface area (Å²) in [6.07, 6.45) is 6.82. The number of benzene rings is 4. The highest BCUT2D eigenvalue weighted by Crippen LogP contribution is 2.36. The SMILES string of the molecule is CCNC(=O)NC(C(=O)N1CCCC1c1ncc(-c2ccc(-c3ccc(-c4cnc(C5CCCN5C(=O)C(NC(=O)NCC)c5ccccc5)[nH]4)cc3)cc2)[nH]1)c1ccccc1. The van der Waals surface area contributed by atoms with Crippen LogP contribution in [0.1, 0.15) is 86.5 Å². The highest BCUT2D eigenvalue weighted by molar-refractivity contribution is 5.89. The van der Waals surface area contributed by atoms with Gasteiger partial charge in [-0.1, -0.05) is 109 Å². The molecule has 2 fully saturated rings. The topological polar surface area (TPSA) is 180 Å². The minimum absolute atomic E-state index is 0.167. The highest BCUT2D eigenvalue weighted by Gasteiger charge is 2.38. The van der Waals surface area contributed by atoms with Crippen LogP contribution in [0.2, 0.25) is 0 Å². The molecule has 6 aromatic rings. The van der Waals surface area contributed by atoms with E-state index in [4.69, 9.17) is 9.97 Å². The largest absolute Gasteiger partial charge is 0.340 e. The number of H-pyrrole nitrogens is 2. The standard InChI is InChI=1S/C48H52N10O4/c1-3-49-47(61)55-41(35-13-7-5-8-14-35)45(59)57-27-11-17-39(57)43-51-29-37(53-43)33-23-19-31(20-24-33)32-21-25-34(26-22-32)38-30-52-44(54-38)40-18-12-28-58(40)46(60)42(56-48(62)50-4-2)36-15-9-6-10-16-36/h5-10,13-16,19-26,29-30,39-42H,3-4,11-12,17-18,27-28H2,1-2H3,(H,51,53)(H,52,54)(H2,49,55,61)(H2,50,56,62). The molecule has 318 valence electrons. The number of carbonyl (C=O) groups excluding carboxylic acids is 4. The molecule has 2 aliphatic heterocycles. The van der Waals surface area contributed by atoms with Crippen molar-refractivity contribution in [1.82, 2.24) is 51.0 Å². The summed E-state index contributed by atoms with van der Waals surface area (Å²) in [5.41, 5.74) is 7.21. The predicted molar refractivity (Wildman–Crippen MR) is 237 cm³/mol. The van der Waals surface area contributed by atoms with Crippen LogP contribution in [0.5, 0.6) is 0 Å². The Hall–Kier alpha value is -7.22. The van der Waals surface area contributed by atoms with Crippen LogP contribution < -0.4 is 21.3 Å². The molecule has 4 atom stereocenters. The average molecular weight is 833 g/mol. The van der Waals surface area contributed by atoms with Crippen molar-refractivity contribution in [1.29, 1.82) is 0 Å². The van der Waals surface area contributed by atoms with Gasteiger partial charge in [-0.2, -0.15) is 0 Å². The molecule has 2 aromatic heterocycles. The van der Waals surface area contributed by atoms with Crippen molar-refractivity contribution >= 4 is 23.9 Å². The Labute approximate surface area is 360 Å². The fourth-order valence-corrected chi connectivity index (χ4v) is 8.50. The second-order valence-electron chi connectivity index (χ2n) is 15.6. The zero-order valence-electron chi connectivity index (χ0n) is 34.9. The number of aromatic nitrogens is 4. The Morgan fingerprint density at radius 1 is 0.565 bits per heavy atom. The molecule has 6 N–H and O–H groups in total. The first-order valence-corrected chi connectivity index (χ1v) is 21.4. The van der Waals surface area contributed by atoms with E-state index < -0.39 is 12.1 Å². The number of carbonyl (C=O) groups is 4.